The number of aromatic nitrogens is 1. The molecule has 0 fully saturated rings. The molecule has 5 heteroatoms. The Bertz CT molecular complexity index is 1310. The number of rotatable bonds is 6. The molecule has 32 heavy (non-hydrogen) atoms. The van der Waals surface area contributed by atoms with Crippen LogP contribution in [0.4, 0.5) is 0 Å². The highest BCUT2D eigenvalue weighted by Gasteiger charge is 2.17. The van der Waals surface area contributed by atoms with Crippen molar-refractivity contribution in [2.24, 2.45) is 0 Å². The van der Waals surface area contributed by atoms with Crippen molar-refractivity contribution in [3.05, 3.63) is 95.1 Å². The van der Waals surface area contributed by atoms with Gasteiger partial charge in [0.15, 0.2) is 5.78 Å². The Morgan fingerprint density at radius 3 is 2.41 bits per heavy atom. The van der Waals surface area contributed by atoms with Gasteiger partial charge in [0.05, 0.1) is 23.9 Å². The van der Waals surface area contributed by atoms with Crippen LogP contribution in [0.25, 0.3) is 22.2 Å². The Kier molecular flexibility index (Phi) is 5.99. The monoisotopic (exact) mass is 425 g/mol. The lowest BCUT2D eigenvalue weighted by molar-refractivity contribution is 0.0472. The third kappa shape index (κ3) is 4.37. The second kappa shape index (κ2) is 9.02. The molecule has 0 aliphatic rings. The number of Topliss-reactive ketones (excluding diaryl/α,β-unsaturated/α-hetero) is 1. The molecule has 3 aromatic carbocycles. The highest BCUT2D eigenvalue weighted by atomic mass is 16.5. The van der Waals surface area contributed by atoms with Gasteiger partial charge < -0.3 is 9.47 Å². The zero-order valence-corrected chi connectivity index (χ0v) is 18.2. The van der Waals surface area contributed by atoms with Gasteiger partial charge in [0.1, 0.15) is 12.4 Å². The third-order valence-corrected chi connectivity index (χ3v) is 5.33. The largest absolute Gasteiger partial charge is 0.496 e. The van der Waals surface area contributed by atoms with Crippen molar-refractivity contribution in [1.82, 2.24) is 4.98 Å². The van der Waals surface area contributed by atoms with Gasteiger partial charge in [-0.1, -0.05) is 48.0 Å². The predicted octanol–water partition coefficient (Wildman–Crippen LogP) is 5.78. The molecule has 0 saturated heterocycles. The molecule has 0 atom stereocenters. The highest BCUT2D eigenvalue weighted by molar-refractivity contribution is 6.04. The molecule has 0 saturated carbocycles. The molecule has 0 spiro atoms. The number of methoxy groups -OCH3 is 1. The first-order valence-electron chi connectivity index (χ1n) is 10.3. The third-order valence-electron chi connectivity index (χ3n) is 5.33. The van der Waals surface area contributed by atoms with Crippen LogP contribution >= 0.6 is 0 Å². The van der Waals surface area contributed by atoms with Gasteiger partial charge in [0.25, 0.3) is 0 Å². The number of ketones is 1. The van der Waals surface area contributed by atoms with Gasteiger partial charge in [-0.2, -0.15) is 0 Å². The number of para-hydroxylation sites is 1. The Morgan fingerprint density at radius 1 is 0.938 bits per heavy atom. The van der Waals surface area contributed by atoms with Crippen molar-refractivity contribution in [2.75, 3.05) is 7.11 Å². The van der Waals surface area contributed by atoms with Crippen LogP contribution < -0.4 is 4.74 Å². The second-order valence-corrected chi connectivity index (χ2v) is 7.60. The Morgan fingerprint density at radius 2 is 1.69 bits per heavy atom. The van der Waals surface area contributed by atoms with E-state index in [-0.39, 0.29) is 12.4 Å². The van der Waals surface area contributed by atoms with Crippen molar-refractivity contribution in [3.8, 4) is 17.0 Å². The SMILES string of the molecule is COc1ccc(C(C)=O)cc1COC(=O)c1cc(-c2ccc(C)cc2)nc2ccccc12. The molecule has 4 aromatic rings. The summed E-state index contributed by atoms with van der Waals surface area (Å²) in [6, 6.07) is 22.3. The van der Waals surface area contributed by atoms with Crippen LogP contribution in [0.1, 0.15) is 38.8 Å². The van der Waals surface area contributed by atoms with Crippen molar-refractivity contribution in [2.45, 2.75) is 20.5 Å². The summed E-state index contributed by atoms with van der Waals surface area (Å²) in [5.41, 5.74) is 5.09. The number of nitrogens with zero attached hydrogens (tertiary/aromatic N) is 1. The minimum absolute atomic E-state index is 0.0142. The van der Waals surface area contributed by atoms with Gasteiger partial charge in [0.2, 0.25) is 0 Å². The standard InChI is InChI=1S/C27H23NO4/c1-17-8-10-19(11-9-17)25-15-23(22-6-4-5-7-24(22)28-25)27(30)32-16-21-14-20(18(2)29)12-13-26(21)31-3/h4-15H,16H2,1-3H3. The van der Waals surface area contributed by atoms with E-state index >= 15 is 0 Å². The van der Waals surface area contributed by atoms with Gasteiger partial charge in [-0.15, -0.1) is 0 Å². The molecular weight excluding hydrogens is 402 g/mol. The molecule has 0 radical (unpaired) electrons. The number of ether oxygens (including phenoxy) is 2. The van der Waals surface area contributed by atoms with Crippen molar-refractivity contribution < 1.29 is 19.1 Å². The topological polar surface area (TPSA) is 65.5 Å². The number of carbonyl (C=O) groups excluding carboxylic acids is 2. The maximum absolute atomic E-state index is 13.1. The molecular formula is C27H23NO4. The molecule has 1 aromatic heterocycles. The summed E-state index contributed by atoms with van der Waals surface area (Å²) in [4.78, 5) is 29.6. The van der Waals surface area contributed by atoms with Crippen molar-refractivity contribution in [3.63, 3.8) is 0 Å². The van der Waals surface area contributed by atoms with E-state index in [0.29, 0.717) is 33.7 Å². The van der Waals surface area contributed by atoms with E-state index in [9.17, 15) is 9.59 Å². The molecule has 0 N–H and O–H groups in total. The van der Waals surface area contributed by atoms with Crippen LogP contribution in [-0.2, 0) is 11.3 Å². The first kappa shape index (κ1) is 21.2. The average molecular weight is 425 g/mol. The number of aryl methyl sites for hydroxylation is 1. The molecule has 0 aliphatic heterocycles. The molecule has 0 unspecified atom stereocenters. The second-order valence-electron chi connectivity index (χ2n) is 7.60. The Balaban J connectivity index is 1.69. The lowest BCUT2D eigenvalue weighted by Gasteiger charge is -2.13. The van der Waals surface area contributed by atoms with Crippen molar-refractivity contribution in [1.29, 1.82) is 0 Å². The molecule has 4 rings (SSSR count). The van der Waals surface area contributed by atoms with Crippen LogP contribution in [0.5, 0.6) is 5.75 Å². The zero-order valence-electron chi connectivity index (χ0n) is 18.2. The fourth-order valence-electron chi connectivity index (χ4n) is 3.55. The predicted molar refractivity (Wildman–Crippen MR) is 124 cm³/mol. The molecule has 0 aliphatic carbocycles. The Hall–Kier alpha value is -3.99. The average Bonchev–Trinajstić information content (AvgIpc) is 2.82. The van der Waals surface area contributed by atoms with E-state index in [4.69, 9.17) is 14.5 Å². The normalized spacial score (nSPS) is 10.7. The molecule has 5 nitrogen and oxygen atoms in total. The van der Waals surface area contributed by atoms with Crippen molar-refractivity contribution >= 4 is 22.7 Å². The number of pyridine rings is 1. The van der Waals surface area contributed by atoms with E-state index in [1.54, 1.807) is 24.3 Å². The van der Waals surface area contributed by atoms with Gasteiger partial charge in [0, 0.05) is 22.1 Å². The van der Waals surface area contributed by atoms with E-state index in [2.05, 4.69) is 0 Å². The van der Waals surface area contributed by atoms with E-state index in [0.717, 1.165) is 16.5 Å². The number of benzene rings is 3. The molecule has 160 valence electrons. The summed E-state index contributed by atoms with van der Waals surface area (Å²) < 4.78 is 11.0. The zero-order chi connectivity index (χ0) is 22.7. The molecule has 0 bridgehead atoms. The minimum Gasteiger partial charge on any atom is -0.496 e. The minimum atomic E-state index is -0.466. The van der Waals surface area contributed by atoms with Crippen LogP contribution in [0, 0.1) is 6.92 Å². The number of fused-ring (bicyclic) bond motifs is 1. The van der Waals surface area contributed by atoms with Gasteiger partial charge in [-0.05, 0) is 44.2 Å². The summed E-state index contributed by atoms with van der Waals surface area (Å²) >= 11 is 0. The molecule has 0 amide bonds. The fraction of sp³-hybridized carbons (Fsp3) is 0.148. The van der Waals surface area contributed by atoms with Gasteiger partial charge in [-0.3, -0.25) is 4.79 Å². The van der Waals surface area contributed by atoms with Crippen LogP contribution in [0.2, 0.25) is 0 Å². The smallest absolute Gasteiger partial charge is 0.339 e. The maximum atomic E-state index is 13.1. The van der Waals surface area contributed by atoms with E-state index < -0.39 is 5.97 Å². The summed E-state index contributed by atoms with van der Waals surface area (Å²) in [6.45, 7) is 3.50. The van der Waals surface area contributed by atoms with E-state index in [1.807, 2.05) is 55.5 Å². The first-order chi connectivity index (χ1) is 15.5. The lowest BCUT2D eigenvalue weighted by atomic mass is 10.0. The first-order valence-corrected chi connectivity index (χ1v) is 10.3. The van der Waals surface area contributed by atoms with Gasteiger partial charge >= 0.3 is 5.97 Å². The number of hydrogen-bond donors (Lipinski definition) is 0. The van der Waals surface area contributed by atoms with Gasteiger partial charge in [-0.25, -0.2) is 9.78 Å². The Labute approximate surface area is 186 Å². The molecule has 1 heterocycles. The summed E-state index contributed by atoms with van der Waals surface area (Å²) in [5, 5.41) is 0.720. The van der Waals surface area contributed by atoms with Crippen LogP contribution in [-0.4, -0.2) is 23.8 Å². The lowest BCUT2D eigenvalue weighted by Crippen LogP contribution is -2.08. The van der Waals surface area contributed by atoms with Crippen LogP contribution in [0.3, 0.4) is 0 Å². The van der Waals surface area contributed by atoms with Crippen LogP contribution in [0.15, 0.2) is 72.8 Å². The van der Waals surface area contributed by atoms with E-state index in [1.165, 1.54) is 14.0 Å². The maximum Gasteiger partial charge on any atom is 0.339 e. The number of esters is 1. The summed E-state index contributed by atoms with van der Waals surface area (Å²) in [7, 11) is 1.54. The summed E-state index contributed by atoms with van der Waals surface area (Å²) in [6.07, 6.45) is 0. The number of hydrogen-bond acceptors (Lipinski definition) is 5. The quantitative estimate of drug-likeness (QED) is 0.289. The number of carbonyl (C=O) groups is 2. The highest BCUT2D eigenvalue weighted by Crippen LogP contribution is 2.27. The fourth-order valence-corrected chi connectivity index (χ4v) is 3.55. The summed E-state index contributed by atoms with van der Waals surface area (Å²) in [5.74, 6) is 0.0260.